The number of rotatable bonds is 4. The SMILES string of the molecule is Nc1ncnc2sc3c(c12)C(C1CCC[C@H](NCC(=O)N2CCCC2)C1)CC3. The third-order valence-electron chi connectivity index (χ3n) is 6.97. The van der Waals surface area contributed by atoms with Crippen LogP contribution < -0.4 is 11.1 Å². The summed E-state index contributed by atoms with van der Waals surface area (Å²) in [5.74, 6) is 2.13. The highest BCUT2D eigenvalue weighted by Gasteiger charge is 2.36. The maximum Gasteiger partial charge on any atom is 0.236 e. The van der Waals surface area contributed by atoms with E-state index in [0.717, 1.165) is 49.0 Å². The Labute approximate surface area is 169 Å². The summed E-state index contributed by atoms with van der Waals surface area (Å²) < 4.78 is 0. The van der Waals surface area contributed by atoms with Crippen molar-refractivity contribution in [1.29, 1.82) is 0 Å². The van der Waals surface area contributed by atoms with Crippen molar-refractivity contribution in [2.45, 2.75) is 63.3 Å². The van der Waals surface area contributed by atoms with Gasteiger partial charge in [0.1, 0.15) is 17.0 Å². The van der Waals surface area contributed by atoms with Crippen molar-refractivity contribution in [3.63, 3.8) is 0 Å². The highest BCUT2D eigenvalue weighted by Crippen LogP contribution is 2.50. The zero-order valence-corrected chi connectivity index (χ0v) is 17.1. The molecule has 1 aliphatic heterocycles. The molecule has 7 heteroatoms. The molecule has 1 saturated carbocycles. The summed E-state index contributed by atoms with van der Waals surface area (Å²) in [5, 5.41) is 4.70. The number of hydrogen-bond donors (Lipinski definition) is 2. The fourth-order valence-electron chi connectivity index (χ4n) is 5.59. The van der Waals surface area contributed by atoms with Crippen LogP contribution in [0.3, 0.4) is 0 Å². The number of amides is 1. The highest BCUT2D eigenvalue weighted by molar-refractivity contribution is 7.19. The van der Waals surface area contributed by atoms with Crippen molar-refractivity contribution in [2.24, 2.45) is 5.92 Å². The summed E-state index contributed by atoms with van der Waals surface area (Å²) in [6.07, 6.45) is 11.1. The van der Waals surface area contributed by atoms with E-state index in [1.165, 1.54) is 36.1 Å². The molecule has 3 heterocycles. The second-order valence-corrected chi connectivity index (χ2v) is 9.70. The Morgan fingerprint density at radius 1 is 1.21 bits per heavy atom. The number of nitrogens with zero attached hydrogens (tertiary/aromatic N) is 3. The minimum absolute atomic E-state index is 0.275. The Bertz CT molecular complexity index is 875. The zero-order valence-electron chi connectivity index (χ0n) is 16.3. The summed E-state index contributed by atoms with van der Waals surface area (Å²) in [6.45, 7) is 2.37. The van der Waals surface area contributed by atoms with E-state index in [0.29, 0.717) is 30.2 Å². The summed E-state index contributed by atoms with van der Waals surface area (Å²) in [5.41, 5.74) is 7.68. The van der Waals surface area contributed by atoms with Gasteiger partial charge in [-0.05, 0) is 62.3 Å². The summed E-state index contributed by atoms with van der Waals surface area (Å²) in [7, 11) is 0. The van der Waals surface area contributed by atoms with E-state index in [9.17, 15) is 4.79 Å². The Hall–Kier alpha value is -1.73. The smallest absolute Gasteiger partial charge is 0.236 e. The van der Waals surface area contributed by atoms with Crippen LogP contribution in [0.4, 0.5) is 5.82 Å². The number of nitrogen functional groups attached to an aromatic ring is 1. The third-order valence-corrected chi connectivity index (χ3v) is 8.14. The van der Waals surface area contributed by atoms with Gasteiger partial charge in [-0.2, -0.15) is 0 Å². The van der Waals surface area contributed by atoms with Gasteiger partial charge in [0.25, 0.3) is 0 Å². The molecule has 0 aromatic carbocycles. The van der Waals surface area contributed by atoms with Gasteiger partial charge in [0.05, 0.1) is 11.9 Å². The van der Waals surface area contributed by atoms with E-state index < -0.39 is 0 Å². The van der Waals surface area contributed by atoms with Crippen LogP contribution in [0.5, 0.6) is 0 Å². The van der Waals surface area contributed by atoms with E-state index in [1.807, 2.05) is 4.90 Å². The molecule has 2 aliphatic carbocycles. The largest absolute Gasteiger partial charge is 0.383 e. The third kappa shape index (κ3) is 3.28. The van der Waals surface area contributed by atoms with Crippen molar-refractivity contribution < 1.29 is 4.79 Å². The van der Waals surface area contributed by atoms with Crippen LogP contribution in [0.25, 0.3) is 10.2 Å². The summed E-state index contributed by atoms with van der Waals surface area (Å²) in [4.78, 5) is 25.6. The molecule has 3 aliphatic rings. The first kappa shape index (κ1) is 18.3. The highest BCUT2D eigenvalue weighted by atomic mass is 32.1. The fraction of sp³-hybridized carbons (Fsp3) is 0.667. The molecule has 3 N–H and O–H groups in total. The lowest BCUT2D eigenvalue weighted by Gasteiger charge is -2.34. The predicted octanol–water partition coefficient (Wildman–Crippen LogP) is 3.07. The Balaban J connectivity index is 1.28. The van der Waals surface area contributed by atoms with Crippen LogP contribution in [0.1, 0.15) is 61.3 Å². The number of fused-ring (bicyclic) bond motifs is 3. The standard InChI is InChI=1S/C21H29N5OS/c22-20-19-18-15(6-7-16(18)28-21(19)25-12-24-20)13-4-3-5-14(10-13)23-11-17(27)26-8-1-2-9-26/h12-15,23H,1-11H2,(H2,22,24,25)/t13?,14-,15?/m0/s1. The van der Waals surface area contributed by atoms with Crippen LogP contribution in [0.2, 0.25) is 0 Å². The van der Waals surface area contributed by atoms with Crippen LogP contribution in [-0.2, 0) is 11.2 Å². The second-order valence-electron chi connectivity index (χ2n) is 8.62. The average molecular weight is 400 g/mol. The van der Waals surface area contributed by atoms with Gasteiger partial charge in [0.2, 0.25) is 5.91 Å². The molecule has 6 nitrogen and oxygen atoms in total. The molecule has 2 aromatic heterocycles. The summed E-state index contributed by atoms with van der Waals surface area (Å²) in [6, 6.07) is 0.452. The number of likely N-dealkylation sites (tertiary alicyclic amines) is 1. The molecule has 3 atom stereocenters. The quantitative estimate of drug-likeness (QED) is 0.825. The molecule has 2 unspecified atom stereocenters. The van der Waals surface area contributed by atoms with Crippen LogP contribution >= 0.6 is 11.3 Å². The first-order chi connectivity index (χ1) is 13.7. The molecule has 28 heavy (non-hydrogen) atoms. The van der Waals surface area contributed by atoms with Gasteiger partial charge in [-0.3, -0.25) is 4.79 Å². The van der Waals surface area contributed by atoms with Crippen molar-refractivity contribution in [2.75, 3.05) is 25.4 Å². The number of hydrogen-bond acceptors (Lipinski definition) is 6. The topological polar surface area (TPSA) is 84.1 Å². The number of nitrogens with one attached hydrogen (secondary N) is 1. The lowest BCUT2D eigenvalue weighted by atomic mass is 9.75. The first-order valence-corrected chi connectivity index (χ1v) is 11.5. The van der Waals surface area contributed by atoms with E-state index in [-0.39, 0.29) is 5.91 Å². The first-order valence-electron chi connectivity index (χ1n) is 10.7. The molecule has 1 saturated heterocycles. The molecule has 150 valence electrons. The number of anilines is 1. The maximum absolute atomic E-state index is 12.4. The summed E-state index contributed by atoms with van der Waals surface area (Å²) >= 11 is 1.80. The number of carbonyl (C=O) groups is 1. The van der Waals surface area contributed by atoms with Crippen LogP contribution in [-0.4, -0.2) is 46.5 Å². The molecular weight excluding hydrogens is 370 g/mol. The predicted molar refractivity (Wildman–Crippen MR) is 112 cm³/mol. The molecule has 2 aromatic rings. The number of aryl methyl sites for hydroxylation is 1. The Kier molecular flexibility index (Phi) is 4.97. The molecule has 0 radical (unpaired) electrons. The number of carbonyl (C=O) groups excluding carboxylic acids is 1. The van der Waals surface area contributed by atoms with Crippen LogP contribution in [0.15, 0.2) is 6.33 Å². The Morgan fingerprint density at radius 3 is 2.93 bits per heavy atom. The molecule has 5 rings (SSSR count). The van der Waals surface area contributed by atoms with Gasteiger partial charge in [-0.1, -0.05) is 6.42 Å². The lowest BCUT2D eigenvalue weighted by molar-refractivity contribution is -0.129. The monoisotopic (exact) mass is 399 g/mol. The van der Waals surface area contributed by atoms with Gasteiger partial charge in [-0.15, -0.1) is 11.3 Å². The number of thiophene rings is 1. The van der Waals surface area contributed by atoms with Crippen LogP contribution in [0, 0.1) is 5.92 Å². The zero-order chi connectivity index (χ0) is 19.1. The van der Waals surface area contributed by atoms with Crippen molar-refractivity contribution >= 4 is 33.3 Å². The van der Waals surface area contributed by atoms with E-state index in [4.69, 9.17) is 5.73 Å². The maximum atomic E-state index is 12.4. The average Bonchev–Trinajstić information content (AvgIpc) is 3.43. The van der Waals surface area contributed by atoms with Gasteiger partial charge >= 0.3 is 0 Å². The van der Waals surface area contributed by atoms with Gasteiger partial charge < -0.3 is 16.0 Å². The van der Waals surface area contributed by atoms with Gasteiger partial charge in [0, 0.05) is 24.0 Å². The van der Waals surface area contributed by atoms with E-state index >= 15 is 0 Å². The second kappa shape index (κ2) is 7.59. The fourth-order valence-corrected chi connectivity index (χ4v) is 6.83. The van der Waals surface area contributed by atoms with Crippen molar-refractivity contribution in [3.05, 3.63) is 16.8 Å². The van der Waals surface area contributed by atoms with Gasteiger partial charge in [-0.25, -0.2) is 9.97 Å². The minimum Gasteiger partial charge on any atom is -0.383 e. The Morgan fingerprint density at radius 2 is 2.07 bits per heavy atom. The lowest BCUT2D eigenvalue weighted by Crippen LogP contribution is -2.42. The van der Waals surface area contributed by atoms with Gasteiger partial charge in [0.15, 0.2) is 0 Å². The molecule has 0 bridgehead atoms. The van der Waals surface area contributed by atoms with Crippen molar-refractivity contribution in [3.8, 4) is 0 Å². The molecule has 1 amide bonds. The normalized spacial score (nSPS) is 27.4. The number of nitrogens with two attached hydrogens (primary N) is 1. The van der Waals surface area contributed by atoms with Crippen molar-refractivity contribution in [1.82, 2.24) is 20.2 Å². The minimum atomic E-state index is 0.275. The van der Waals surface area contributed by atoms with E-state index in [1.54, 1.807) is 17.7 Å². The molecular formula is C21H29N5OS. The molecule has 0 spiro atoms. The number of aromatic nitrogens is 2. The van der Waals surface area contributed by atoms with E-state index in [2.05, 4.69) is 15.3 Å². The molecule has 2 fully saturated rings.